The highest BCUT2D eigenvalue weighted by Crippen LogP contribution is 2.63. The van der Waals surface area contributed by atoms with Crippen molar-refractivity contribution < 1.29 is 14.6 Å². The van der Waals surface area contributed by atoms with Gasteiger partial charge in [0.15, 0.2) is 4.93 Å². The van der Waals surface area contributed by atoms with Crippen LogP contribution in [-0.2, 0) is 9.53 Å². The van der Waals surface area contributed by atoms with Gasteiger partial charge in [-0.1, -0.05) is 140 Å². The van der Waals surface area contributed by atoms with Crippen molar-refractivity contribution in [2.24, 2.45) is 16.7 Å². The number of thioether (sulfide) groups is 2. The van der Waals surface area contributed by atoms with Gasteiger partial charge in [0.2, 0.25) is 0 Å². The van der Waals surface area contributed by atoms with Crippen LogP contribution in [0, 0.1) is 16.7 Å². The molecule has 0 aromatic carbocycles. The van der Waals surface area contributed by atoms with E-state index in [1.54, 1.807) is 0 Å². The molecule has 1 aliphatic carbocycles. The zero-order valence-electron chi connectivity index (χ0n) is 28.8. The van der Waals surface area contributed by atoms with Crippen molar-refractivity contribution in [3.8, 4) is 0 Å². The minimum Gasteiger partial charge on any atom is -0.444 e. The Kier molecular flexibility index (Phi) is 17.7. The van der Waals surface area contributed by atoms with Crippen molar-refractivity contribution in [1.82, 2.24) is 0 Å². The summed E-state index contributed by atoms with van der Waals surface area (Å²) in [6.07, 6.45) is 19.0. The number of esters is 1. The van der Waals surface area contributed by atoms with Crippen LogP contribution in [0.15, 0.2) is 11.6 Å². The smallest absolute Gasteiger partial charge is 0.307 e. The maximum absolute atomic E-state index is 13.2. The standard InChI is InChI=1S/C36H68O3S2/c1-11-15-17-19-21-23-26-40-35(39-31(37)14-4)28-29(33(5,6)7)32(38)36(34(8,9)10,30(35)25-13-3)41-27-24-22-20-18-16-12-2/h28,30,32,38H,11-27H2,1-10H3. The molecule has 0 spiro atoms. The normalized spacial score (nSPS) is 25.3. The molecule has 0 fully saturated rings. The Balaban J connectivity index is 3.60. The van der Waals surface area contributed by atoms with Crippen LogP contribution in [0.1, 0.15) is 166 Å². The first-order chi connectivity index (χ1) is 19.3. The van der Waals surface area contributed by atoms with E-state index in [0.717, 1.165) is 36.3 Å². The zero-order valence-corrected chi connectivity index (χ0v) is 30.5. The number of unbranched alkanes of at least 4 members (excludes halogenated alkanes) is 10. The summed E-state index contributed by atoms with van der Waals surface area (Å²) in [5, 5.41) is 12.5. The number of aliphatic hydroxyl groups excluding tert-OH is 1. The van der Waals surface area contributed by atoms with E-state index in [-0.39, 0.29) is 22.7 Å². The second kappa shape index (κ2) is 18.6. The molecule has 0 aliphatic heterocycles. The molecule has 3 nitrogen and oxygen atoms in total. The van der Waals surface area contributed by atoms with Crippen LogP contribution in [0.3, 0.4) is 0 Å². The SMILES string of the molecule is CCCCCCCCSC1(OC(=O)CC)C=C(C(C)(C)C)C(O)C(SCCCCCCCC)(C(C)(C)C)C1CCC. The van der Waals surface area contributed by atoms with Crippen LogP contribution < -0.4 is 0 Å². The fraction of sp³-hybridized carbons (Fsp3) is 0.917. The van der Waals surface area contributed by atoms with E-state index < -0.39 is 15.8 Å². The van der Waals surface area contributed by atoms with Gasteiger partial charge in [0, 0.05) is 12.3 Å². The maximum atomic E-state index is 13.2. The van der Waals surface area contributed by atoms with Crippen molar-refractivity contribution in [1.29, 1.82) is 0 Å². The van der Waals surface area contributed by atoms with Gasteiger partial charge in [-0.05, 0) is 53.2 Å². The van der Waals surface area contributed by atoms with Gasteiger partial charge < -0.3 is 9.84 Å². The highest BCUT2D eigenvalue weighted by molar-refractivity contribution is 8.01. The number of rotatable bonds is 20. The Bertz CT molecular complexity index is 766. The van der Waals surface area contributed by atoms with Gasteiger partial charge in [-0.15, -0.1) is 11.8 Å². The molecule has 0 heterocycles. The molecule has 0 aromatic heterocycles. The van der Waals surface area contributed by atoms with E-state index in [0.29, 0.717) is 6.42 Å². The summed E-state index contributed by atoms with van der Waals surface area (Å²) in [7, 11) is 0. The molecule has 0 saturated carbocycles. The Hall–Kier alpha value is -0.130. The lowest BCUT2D eigenvalue weighted by Gasteiger charge is -2.61. The monoisotopic (exact) mass is 612 g/mol. The topological polar surface area (TPSA) is 46.5 Å². The van der Waals surface area contributed by atoms with Crippen LogP contribution in [0.2, 0.25) is 0 Å². The van der Waals surface area contributed by atoms with Gasteiger partial charge in [-0.3, -0.25) is 4.79 Å². The third kappa shape index (κ3) is 11.1. The lowest BCUT2D eigenvalue weighted by molar-refractivity contribution is -0.155. The van der Waals surface area contributed by atoms with E-state index in [1.165, 1.54) is 70.6 Å². The van der Waals surface area contributed by atoms with Crippen molar-refractivity contribution in [3.05, 3.63) is 11.6 Å². The average Bonchev–Trinajstić information content (AvgIpc) is 2.89. The molecular weight excluding hydrogens is 545 g/mol. The van der Waals surface area contributed by atoms with Crippen LogP contribution in [0.25, 0.3) is 0 Å². The van der Waals surface area contributed by atoms with Crippen molar-refractivity contribution in [3.63, 3.8) is 0 Å². The first kappa shape index (κ1) is 38.9. The van der Waals surface area contributed by atoms with Crippen LogP contribution >= 0.6 is 23.5 Å². The van der Waals surface area contributed by atoms with E-state index in [4.69, 9.17) is 4.74 Å². The molecule has 1 N–H and O–H groups in total. The second-order valence-electron chi connectivity index (χ2n) is 14.4. The lowest BCUT2D eigenvalue weighted by atomic mass is 9.59. The van der Waals surface area contributed by atoms with E-state index in [1.807, 2.05) is 30.4 Å². The molecule has 0 aromatic rings. The van der Waals surface area contributed by atoms with Gasteiger partial charge in [0.05, 0.1) is 10.9 Å². The molecule has 4 atom stereocenters. The van der Waals surface area contributed by atoms with Crippen LogP contribution in [0.4, 0.5) is 0 Å². The zero-order chi connectivity index (χ0) is 31.2. The Labute approximate surface area is 264 Å². The summed E-state index contributed by atoms with van der Waals surface area (Å²) >= 11 is 3.84. The Morgan fingerprint density at radius 1 is 0.780 bits per heavy atom. The van der Waals surface area contributed by atoms with Gasteiger partial charge in [0.1, 0.15) is 0 Å². The molecule has 41 heavy (non-hydrogen) atoms. The fourth-order valence-corrected chi connectivity index (χ4v) is 10.0. The first-order valence-corrected chi connectivity index (χ1v) is 19.1. The Morgan fingerprint density at radius 2 is 1.27 bits per heavy atom. The number of hydrogen-bond donors (Lipinski definition) is 1. The predicted octanol–water partition coefficient (Wildman–Crippen LogP) is 11.4. The van der Waals surface area contributed by atoms with E-state index >= 15 is 0 Å². The average molecular weight is 613 g/mol. The Morgan fingerprint density at radius 3 is 1.71 bits per heavy atom. The lowest BCUT2D eigenvalue weighted by Crippen LogP contribution is -2.66. The fourth-order valence-electron chi connectivity index (χ4n) is 6.54. The number of ether oxygens (including phenoxy) is 1. The minimum atomic E-state index is -0.768. The minimum absolute atomic E-state index is 0.0202. The number of aliphatic hydroxyl groups is 1. The highest BCUT2D eigenvalue weighted by Gasteiger charge is 2.65. The van der Waals surface area contributed by atoms with E-state index in [2.05, 4.69) is 68.4 Å². The van der Waals surface area contributed by atoms with Gasteiger partial charge in [-0.25, -0.2) is 0 Å². The maximum Gasteiger partial charge on any atom is 0.307 e. The molecular formula is C36H68O3S2. The third-order valence-electron chi connectivity index (χ3n) is 8.90. The van der Waals surface area contributed by atoms with Crippen molar-refractivity contribution in [2.75, 3.05) is 11.5 Å². The van der Waals surface area contributed by atoms with Gasteiger partial charge >= 0.3 is 5.97 Å². The summed E-state index contributed by atoms with van der Waals surface area (Å²) < 4.78 is 6.19. The van der Waals surface area contributed by atoms with Crippen molar-refractivity contribution in [2.45, 2.75) is 181 Å². The predicted molar refractivity (Wildman–Crippen MR) is 185 cm³/mol. The van der Waals surface area contributed by atoms with E-state index in [9.17, 15) is 9.90 Å². The molecule has 0 amide bonds. The van der Waals surface area contributed by atoms with Crippen molar-refractivity contribution >= 4 is 29.5 Å². The first-order valence-electron chi connectivity index (χ1n) is 17.2. The summed E-state index contributed by atoms with van der Waals surface area (Å²) in [5.41, 5.74) is 0.599. The number of carbonyl (C=O) groups excluding carboxylic acids is 1. The van der Waals surface area contributed by atoms with Gasteiger partial charge in [-0.2, -0.15) is 11.8 Å². The summed E-state index contributed by atoms with van der Waals surface area (Å²) in [6.45, 7) is 22.2. The number of hydrogen-bond acceptors (Lipinski definition) is 5. The third-order valence-corrected chi connectivity index (χ3v) is 12.4. The largest absolute Gasteiger partial charge is 0.444 e. The summed E-state index contributed by atoms with van der Waals surface area (Å²) in [5.74, 6) is 1.88. The quantitative estimate of drug-likeness (QED) is 0.0641. The second-order valence-corrected chi connectivity index (χ2v) is 17.1. The molecule has 242 valence electrons. The number of carbonyl (C=O) groups is 1. The molecule has 0 bridgehead atoms. The molecule has 4 unspecified atom stereocenters. The summed E-state index contributed by atoms with van der Waals surface area (Å²) in [6, 6.07) is 0. The molecule has 0 saturated heterocycles. The molecule has 0 radical (unpaired) electrons. The molecule has 1 aliphatic rings. The summed E-state index contributed by atoms with van der Waals surface area (Å²) in [4.78, 5) is 12.4. The van der Waals surface area contributed by atoms with Crippen LogP contribution in [0.5, 0.6) is 0 Å². The van der Waals surface area contributed by atoms with Gasteiger partial charge in [0.25, 0.3) is 0 Å². The molecule has 5 heteroatoms. The highest BCUT2D eigenvalue weighted by atomic mass is 32.2. The van der Waals surface area contributed by atoms with Crippen LogP contribution in [-0.4, -0.2) is 38.4 Å². The molecule has 1 rings (SSSR count).